The molecule has 0 saturated carbocycles. The van der Waals surface area contributed by atoms with Crippen LogP contribution in [0.25, 0.3) is 15.8 Å². The van der Waals surface area contributed by atoms with Gasteiger partial charge in [-0.15, -0.1) is 0 Å². The summed E-state index contributed by atoms with van der Waals surface area (Å²) in [4.78, 5) is 23.4. The van der Waals surface area contributed by atoms with Gasteiger partial charge in [0, 0.05) is 23.5 Å². The van der Waals surface area contributed by atoms with Gasteiger partial charge in [0.2, 0.25) is 0 Å². The number of halogens is 1. The number of nitrogens with one attached hydrogen (secondary N) is 1. The molecular formula is C20H18FN3O4S. The molecule has 1 aliphatic rings. The molecule has 1 aromatic heterocycles. The number of nitrogens with two attached hydrogens (primary N) is 1. The molecule has 0 unspecified atom stereocenters. The average molecular weight is 415 g/mol. The third-order valence-corrected chi connectivity index (χ3v) is 6.24. The lowest BCUT2D eigenvalue weighted by Crippen LogP contribution is -2.18. The molecule has 2 heterocycles. The zero-order valence-electron chi connectivity index (χ0n) is 15.1. The minimum Gasteiger partial charge on any atom is -0.364 e. The van der Waals surface area contributed by atoms with Crippen molar-refractivity contribution in [1.82, 2.24) is 9.29 Å². The summed E-state index contributed by atoms with van der Waals surface area (Å²) in [6.45, 7) is 0.449. The fraction of sp³-hybridized carbons (Fsp3) is 0.100. The van der Waals surface area contributed by atoms with E-state index < -0.39 is 22.6 Å². The standard InChI is InChI=1S/C20H18FN3O4S/c21-15-5-6-16-14(9-15)10-17(20(22)26)24(16)8-7-12-1-3-13(4-2-12)18-11-19(25)23-29(18,27)28/h1-6,9-11,27-28H,7-8H2,(H2,22,26)(H,23,25). The van der Waals surface area contributed by atoms with Crippen LogP contribution in [0.3, 0.4) is 0 Å². The maximum atomic E-state index is 13.5. The van der Waals surface area contributed by atoms with Crippen LogP contribution < -0.4 is 10.5 Å². The van der Waals surface area contributed by atoms with Crippen molar-refractivity contribution in [2.45, 2.75) is 13.0 Å². The molecule has 2 amide bonds. The molecule has 2 aromatic carbocycles. The number of carbonyl (C=O) groups is 2. The van der Waals surface area contributed by atoms with Crippen LogP contribution in [0.1, 0.15) is 21.6 Å². The van der Waals surface area contributed by atoms with Crippen LogP contribution in [0.5, 0.6) is 0 Å². The zero-order valence-corrected chi connectivity index (χ0v) is 15.9. The van der Waals surface area contributed by atoms with Gasteiger partial charge in [-0.25, -0.2) is 9.11 Å². The number of aryl methyl sites for hydroxylation is 2. The lowest BCUT2D eigenvalue weighted by molar-refractivity contribution is -0.114. The molecular weight excluding hydrogens is 397 g/mol. The largest absolute Gasteiger partial charge is 0.364 e. The molecule has 0 spiro atoms. The van der Waals surface area contributed by atoms with Crippen molar-refractivity contribution >= 4 is 38.4 Å². The van der Waals surface area contributed by atoms with E-state index >= 15 is 0 Å². The summed E-state index contributed by atoms with van der Waals surface area (Å²) in [6.07, 6.45) is 1.74. The van der Waals surface area contributed by atoms with E-state index in [0.717, 1.165) is 5.56 Å². The van der Waals surface area contributed by atoms with Crippen LogP contribution in [0.4, 0.5) is 4.39 Å². The van der Waals surface area contributed by atoms with Gasteiger partial charge in [0.15, 0.2) is 0 Å². The van der Waals surface area contributed by atoms with Crippen LogP contribution in [0.15, 0.2) is 54.6 Å². The van der Waals surface area contributed by atoms with Crippen molar-refractivity contribution in [2.24, 2.45) is 5.73 Å². The second-order valence-corrected chi connectivity index (χ2v) is 8.46. The third kappa shape index (κ3) is 3.63. The number of benzene rings is 2. The number of carbonyl (C=O) groups excluding carboxylic acids is 2. The number of aromatic nitrogens is 1. The Hall–Kier alpha value is -3.14. The van der Waals surface area contributed by atoms with Gasteiger partial charge in [-0.1, -0.05) is 35.0 Å². The lowest BCUT2D eigenvalue weighted by atomic mass is 10.1. The minimum atomic E-state index is -3.32. The van der Waals surface area contributed by atoms with Crippen LogP contribution in [0.2, 0.25) is 0 Å². The number of amides is 2. The molecule has 1 aliphatic heterocycles. The van der Waals surface area contributed by atoms with Gasteiger partial charge in [-0.3, -0.25) is 18.7 Å². The van der Waals surface area contributed by atoms with Crippen molar-refractivity contribution in [3.8, 4) is 0 Å². The maximum absolute atomic E-state index is 13.5. The fourth-order valence-corrected chi connectivity index (χ4v) is 4.62. The van der Waals surface area contributed by atoms with Gasteiger partial charge in [-0.05, 0) is 41.8 Å². The molecule has 29 heavy (non-hydrogen) atoms. The van der Waals surface area contributed by atoms with Crippen LogP contribution in [0, 0.1) is 5.82 Å². The molecule has 4 rings (SSSR count). The highest BCUT2D eigenvalue weighted by Crippen LogP contribution is 2.52. The molecule has 0 atom stereocenters. The van der Waals surface area contributed by atoms with Crippen LogP contribution >= 0.6 is 10.8 Å². The summed E-state index contributed by atoms with van der Waals surface area (Å²) in [5, 5.41) is 0.602. The quantitative estimate of drug-likeness (QED) is 0.512. The summed E-state index contributed by atoms with van der Waals surface area (Å²) in [5.74, 6) is -1.52. The topological polar surface area (TPSA) is 118 Å². The Kier molecular flexibility index (Phi) is 4.65. The monoisotopic (exact) mass is 415 g/mol. The second kappa shape index (κ2) is 7.03. The van der Waals surface area contributed by atoms with Crippen LogP contribution in [-0.4, -0.2) is 25.5 Å². The maximum Gasteiger partial charge on any atom is 0.265 e. The third-order valence-electron chi connectivity index (χ3n) is 4.79. The normalized spacial score (nSPS) is 16.5. The smallest absolute Gasteiger partial charge is 0.265 e. The molecule has 150 valence electrons. The van der Waals surface area contributed by atoms with Gasteiger partial charge in [0.25, 0.3) is 11.8 Å². The van der Waals surface area contributed by atoms with Crippen molar-refractivity contribution in [3.63, 3.8) is 0 Å². The molecule has 7 nitrogen and oxygen atoms in total. The molecule has 0 saturated heterocycles. The second-order valence-electron chi connectivity index (χ2n) is 6.72. The molecule has 0 aliphatic carbocycles. The highest BCUT2D eigenvalue weighted by molar-refractivity contribution is 8.31. The van der Waals surface area contributed by atoms with E-state index in [2.05, 4.69) is 4.72 Å². The van der Waals surface area contributed by atoms with E-state index in [4.69, 9.17) is 5.73 Å². The highest BCUT2D eigenvalue weighted by Gasteiger charge is 2.29. The van der Waals surface area contributed by atoms with E-state index in [9.17, 15) is 23.1 Å². The van der Waals surface area contributed by atoms with Gasteiger partial charge < -0.3 is 10.3 Å². The predicted molar refractivity (Wildman–Crippen MR) is 110 cm³/mol. The van der Waals surface area contributed by atoms with E-state index in [1.54, 1.807) is 28.8 Å². The first-order valence-electron chi connectivity index (χ1n) is 8.74. The number of primary amides is 1. The van der Waals surface area contributed by atoms with Crippen LogP contribution in [-0.2, 0) is 17.8 Å². The van der Waals surface area contributed by atoms with Gasteiger partial charge in [-0.2, -0.15) is 0 Å². The van der Waals surface area contributed by atoms with E-state index in [-0.39, 0.29) is 10.7 Å². The Morgan fingerprint density at radius 1 is 1.14 bits per heavy atom. The van der Waals surface area contributed by atoms with E-state index in [1.165, 1.54) is 18.2 Å². The first kappa shape index (κ1) is 19.2. The molecule has 9 heteroatoms. The average Bonchev–Trinajstić information content (AvgIpc) is 3.15. The summed E-state index contributed by atoms with van der Waals surface area (Å²) < 4.78 is 37.3. The zero-order chi connectivity index (χ0) is 20.8. The van der Waals surface area contributed by atoms with Crippen molar-refractivity contribution < 1.29 is 23.1 Å². The fourth-order valence-electron chi connectivity index (χ4n) is 3.44. The molecule has 0 radical (unpaired) electrons. The van der Waals surface area contributed by atoms with E-state index in [0.29, 0.717) is 35.1 Å². The van der Waals surface area contributed by atoms with Gasteiger partial charge in [0.1, 0.15) is 11.5 Å². The van der Waals surface area contributed by atoms with Gasteiger partial charge in [0.05, 0.1) is 4.91 Å². The Morgan fingerprint density at radius 2 is 1.86 bits per heavy atom. The molecule has 5 N–H and O–H groups in total. The minimum absolute atomic E-state index is 0.156. The summed E-state index contributed by atoms with van der Waals surface area (Å²) in [5.41, 5.74) is 7.96. The first-order valence-corrected chi connectivity index (χ1v) is 10.3. The SMILES string of the molecule is NC(=O)c1cc2cc(F)ccc2n1CCc1ccc(C2=CC(=O)NS2(O)O)cc1. The summed E-state index contributed by atoms with van der Waals surface area (Å²) in [7, 11) is -3.32. The first-order chi connectivity index (χ1) is 13.7. The summed E-state index contributed by atoms with van der Waals surface area (Å²) in [6, 6.07) is 12.9. The molecule has 3 aromatic rings. The van der Waals surface area contributed by atoms with Crippen molar-refractivity contribution in [2.75, 3.05) is 0 Å². The van der Waals surface area contributed by atoms with E-state index in [1.807, 2.05) is 12.1 Å². The number of hydrogen-bond acceptors (Lipinski definition) is 4. The summed E-state index contributed by atoms with van der Waals surface area (Å²) >= 11 is 0. The Bertz CT molecular complexity index is 1170. The molecule has 0 bridgehead atoms. The van der Waals surface area contributed by atoms with Gasteiger partial charge >= 0.3 is 0 Å². The Morgan fingerprint density at radius 3 is 2.48 bits per heavy atom. The molecule has 0 fully saturated rings. The van der Waals surface area contributed by atoms with Crippen molar-refractivity contribution in [1.29, 1.82) is 0 Å². The number of fused-ring (bicyclic) bond motifs is 1. The van der Waals surface area contributed by atoms with Crippen molar-refractivity contribution in [3.05, 3.63) is 77.2 Å². The highest BCUT2D eigenvalue weighted by atomic mass is 32.3. The Labute approximate surface area is 167 Å². The predicted octanol–water partition coefficient (Wildman–Crippen LogP) is 3.26. The number of rotatable bonds is 5. The lowest BCUT2D eigenvalue weighted by Gasteiger charge is -2.29. The Balaban J connectivity index is 1.57. The number of hydrogen-bond donors (Lipinski definition) is 4. The number of nitrogens with zero attached hydrogens (tertiary/aromatic N) is 1.